The van der Waals surface area contributed by atoms with Crippen molar-refractivity contribution >= 4 is 5.91 Å². The van der Waals surface area contributed by atoms with Gasteiger partial charge in [-0.1, -0.05) is 26.7 Å². The average molecular weight is 277 g/mol. The third-order valence-electron chi connectivity index (χ3n) is 3.34. The Balaban J connectivity index is 2.43. The number of nitriles is 1. The van der Waals surface area contributed by atoms with Crippen molar-refractivity contribution in [3.8, 4) is 6.07 Å². The number of carbonyl (C=O) groups is 1. The van der Waals surface area contributed by atoms with Crippen LogP contribution in [0, 0.1) is 16.7 Å². The summed E-state index contributed by atoms with van der Waals surface area (Å²) in [5, 5.41) is 18.8. The molecule has 1 heterocycles. The quantitative estimate of drug-likeness (QED) is 0.675. The number of carbonyl (C=O) groups excluding carboxylic acids is 1. The molecule has 0 radical (unpaired) electrons. The summed E-state index contributed by atoms with van der Waals surface area (Å²) >= 11 is 0. The number of hydrogen-bond acceptors (Lipinski definition) is 4. The largest absolute Gasteiger partial charge is 0.355 e. The van der Waals surface area contributed by atoms with Crippen molar-refractivity contribution in [2.45, 2.75) is 52.4 Å². The Morgan fingerprint density at radius 3 is 2.65 bits per heavy atom. The second-order valence-electron chi connectivity index (χ2n) is 4.99. The van der Waals surface area contributed by atoms with Gasteiger partial charge in [-0.05, 0) is 19.3 Å². The molecule has 0 bridgehead atoms. The standard InChI is InChI=1S/C14H23N5O/c1-3-7-14(10-15,8-4-2)13(20)16-9-5-6-12-17-11-18-19-12/h11H,3-9H2,1-2H3,(H,16,20)(H,17,18,19). The summed E-state index contributed by atoms with van der Waals surface area (Å²) < 4.78 is 0. The van der Waals surface area contributed by atoms with Crippen LogP contribution in [0.3, 0.4) is 0 Å². The first-order chi connectivity index (χ1) is 9.68. The zero-order valence-electron chi connectivity index (χ0n) is 12.3. The van der Waals surface area contributed by atoms with Gasteiger partial charge >= 0.3 is 0 Å². The first kappa shape index (κ1) is 16.2. The number of nitrogens with zero attached hydrogens (tertiary/aromatic N) is 3. The smallest absolute Gasteiger partial charge is 0.240 e. The predicted molar refractivity (Wildman–Crippen MR) is 75.6 cm³/mol. The summed E-state index contributed by atoms with van der Waals surface area (Å²) in [5.74, 6) is 0.675. The molecule has 0 aliphatic rings. The Kier molecular flexibility index (Phi) is 6.71. The van der Waals surface area contributed by atoms with Gasteiger partial charge in [-0.2, -0.15) is 10.4 Å². The van der Waals surface area contributed by atoms with Crippen LogP contribution in [0.25, 0.3) is 0 Å². The fourth-order valence-corrected chi connectivity index (χ4v) is 2.35. The van der Waals surface area contributed by atoms with Gasteiger partial charge in [0.2, 0.25) is 5.91 Å². The molecule has 110 valence electrons. The van der Waals surface area contributed by atoms with Crippen LogP contribution in [0.2, 0.25) is 0 Å². The zero-order chi connectivity index (χ0) is 14.8. The van der Waals surface area contributed by atoms with Crippen LogP contribution in [0.5, 0.6) is 0 Å². The lowest BCUT2D eigenvalue weighted by Crippen LogP contribution is -2.40. The number of hydrogen-bond donors (Lipinski definition) is 2. The third-order valence-corrected chi connectivity index (χ3v) is 3.34. The highest BCUT2D eigenvalue weighted by molar-refractivity contribution is 5.85. The second-order valence-corrected chi connectivity index (χ2v) is 4.99. The molecule has 1 aromatic heterocycles. The molecule has 0 atom stereocenters. The Bertz CT molecular complexity index is 429. The molecule has 0 spiro atoms. The van der Waals surface area contributed by atoms with Gasteiger partial charge < -0.3 is 5.32 Å². The third kappa shape index (κ3) is 4.34. The number of amides is 1. The Labute approximate surface area is 120 Å². The van der Waals surface area contributed by atoms with Gasteiger partial charge in [0, 0.05) is 13.0 Å². The first-order valence-corrected chi connectivity index (χ1v) is 7.22. The molecule has 0 saturated carbocycles. The van der Waals surface area contributed by atoms with Gasteiger partial charge in [0.1, 0.15) is 17.6 Å². The van der Waals surface area contributed by atoms with E-state index in [2.05, 4.69) is 26.6 Å². The van der Waals surface area contributed by atoms with Crippen LogP contribution in [0.15, 0.2) is 6.33 Å². The number of aromatic amines is 1. The fourth-order valence-electron chi connectivity index (χ4n) is 2.35. The molecule has 0 saturated heterocycles. The topological polar surface area (TPSA) is 94.5 Å². The molecule has 20 heavy (non-hydrogen) atoms. The van der Waals surface area contributed by atoms with E-state index < -0.39 is 5.41 Å². The summed E-state index contributed by atoms with van der Waals surface area (Å²) in [7, 11) is 0. The molecule has 1 amide bonds. The van der Waals surface area contributed by atoms with Crippen molar-refractivity contribution in [2.24, 2.45) is 5.41 Å². The van der Waals surface area contributed by atoms with Gasteiger partial charge in [-0.25, -0.2) is 4.98 Å². The Morgan fingerprint density at radius 1 is 1.45 bits per heavy atom. The number of H-pyrrole nitrogens is 1. The van der Waals surface area contributed by atoms with Gasteiger partial charge in [-0.3, -0.25) is 9.89 Å². The molecule has 0 aliphatic heterocycles. The van der Waals surface area contributed by atoms with Crippen LogP contribution in [0.4, 0.5) is 0 Å². The highest BCUT2D eigenvalue weighted by Crippen LogP contribution is 2.29. The molecule has 6 nitrogen and oxygen atoms in total. The normalized spacial score (nSPS) is 11.1. The molecule has 1 aromatic rings. The molecular formula is C14H23N5O. The Morgan fingerprint density at radius 2 is 2.15 bits per heavy atom. The summed E-state index contributed by atoms with van der Waals surface area (Å²) in [4.78, 5) is 16.3. The highest BCUT2D eigenvalue weighted by Gasteiger charge is 2.36. The van der Waals surface area contributed by atoms with E-state index in [-0.39, 0.29) is 5.91 Å². The molecule has 0 unspecified atom stereocenters. The lowest BCUT2D eigenvalue weighted by Gasteiger charge is -2.24. The summed E-state index contributed by atoms with van der Waals surface area (Å²) in [6.45, 7) is 4.55. The molecule has 6 heteroatoms. The zero-order valence-corrected chi connectivity index (χ0v) is 12.3. The van der Waals surface area contributed by atoms with Crippen molar-refractivity contribution in [1.29, 1.82) is 5.26 Å². The minimum absolute atomic E-state index is 0.138. The lowest BCUT2D eigenvalue weighted by atomic mass is 9.80. The van der Waals surface area contributed by atoms with E-state index in [0.717, 1.165) is 31.5 Å². The SMILES string of the molecule is CCCC(C#N)(CCC)C(=O)NCCCc1ncn[nH]1. The molecule has 0 aliphatic carbocycles. The van der Waals surface area contributed by atoms with Crippen LogP contribution in [0.1, 0.15) is 51.8 Å². The number of nitrogens with one attached hydrogen (secondary N) is 2. The summed E-state index contributed by atoms with van der Waals surface area (Å²) in [6, 6.07) is 2.23. The fraction of sp³-hybridized carbons (Fsp3) is 0.714. The monoisotopic (exact) mass is 277 g/mol. The van der Waals surface area contributed by atoms with E-state index >= 15 is 0 Å². The predicted octanol–water partition coefficient (Wildman–Crippen LogP) is 1.96. The summed E-state index contributed by atoms with van der Waals surface area (Å²) in [5.41, 5.74) is -0.865. The lowest BCUT2D eigenvalue weighted by molar-refractivity contribution is -0.128. The van der Waals surface area contributed by atoms with E-state index in [4.69, 9.17) is 0 Å². The van der Waals surface area contributed by atoms with Crippen molar-refractivity contribution in [3.05, 3.63) is 12.2 Å². The molecule has 2 N–H and O–H groups in total. The average Bonchev–Trinajstić information content (AvgIpc) is 2.96. The maximum atomic E-state index is 12.3. The van der Waals surface area contributed by atoms with E-state index in [9.17, 15) is 10.1 Å². The van der Waals surface area contributed by atoms with E-state index in [0.29, 0.717) is 19.4 Å². The van der Waals surface area contributed by atoms with Gasteiger partial charge in [-0.15, -0.1) is 0 Å². The van der Waals surface area contributed by atoms with E-state index in [1.54, 1.807) is 0 Å². The summed E-state index contributed by atoms with van der Waals surface area (Å²) in [6.07, 6.45) is 5.88. The van der Waals surface area contributed by atoms with Crippen molar-refractivity contribution < 1.29 is 4.79 Å². The number of rotatable bonds is 9. The van der Waals surface area contributed by atoms with E-state index in [1.165, 1.54) is 6.33 Å². The minimum atomic E-state index is -0.865. The van der Waals surface area contributed by atoms with Gasteiger partial charge in [0.05, 0.1) is 6.07 Å². The molecule has 0 fully saturated rings. The molecule has 1 rings (SSSR count). The van der Waals surface area contributed by atoms with Crippen LogP contribution in [-0.2, 0) is 11.2 Å². The maximum absolute atomic E-state index is 12.3. The van der Waals surface area contributed by atoms with Crippen LogP contribution < -0.4 is 5.32 Å². The number of aromatic nitrogens is 3. The number of aryl methyl sites for hydroxylation is 1. The van der Waals surface area contributed by atoms with Crippen LogP contribution >= 0.6 is 0 Å². The molecular weight excluding hydrogens is 254 g/mol. The minimum Gasteiger partial charge on any atom is -0.355 e. The highest BCUT2D eigenvalue weighted by atomic mass is 16.2. The van der Waals surface area contributed by atoms with Crippen molar-refractivity contribution in [3.63, 3.8) is 0 Å². The second kappa shape index (κ2) is 8.31. The van der Waals surface area contributed by atoms with Crippen molar-refractivity contribution in [2.75, 3.05) is 6.54 Å². The Hall–Kier alpha value is -1.90. The van der Waals surface area contributed by atoms with Gasteiger partial charge in [0.25, 0.3) is 0 Å². The van der Waals surface area contributed by atoms with Crippen molar-refractivity contribution in [1.82, 2.24) is 20.5 Å². The van der Waals surface area contributed by atoms with E-state index in [1.807, 2.05) is 13.8 Å². The maximum Gasteiger partial charge on any atom is 0.240 e. The first-order valence-electron chi connectivity index (χ1n) is 7.22. The van der Waals surface area contributed by atoms with Gasteiger partial charge in [0.15, 0.2) is 0 Å². The molecule has 0 aromatic carbocycles. The van der Waals surface area contributed by atoms with Crippen LogP contribution in [-0.4, -0.2) is 27.6 Å².